The SMILES string of the molecule is Cc1cccc(OCNC(=O)NCCc2ccc(S(N)(=O)=O)cc2)c1C. The van der Waals surface area contributed by atoms with Crippen molar-refractivity contribution in [2.24, 2.45) is 5.14 Å². The van der Waals surface area contributed by atoms with E-state index in [1.54, 1.807) is 12.1 Å². The van der Waals surface area contributed by atoms with Crippen LogP contribution in [-0.4, -0.2) is 27.7 Å². The molecule has 0 aromatic heterocycles. The Labute approximate surface area is 153 Å². The van der Waals surface area contributed by atoms with Gasteiger partial charge in [-0.1, -0.05) is 24.3 Å². The number of benzene rings is 2. The first kappa shape index (κ1) is 19.7. The van der Waals surface area contributed by atoms with Gasteiger partial charge in [-0.25, -0.2) is 18.4 Å². The molecule has 26 heavy (non-hydrogen) atoms. The largest absolute Gasteiger partial charge is 0.473 e. The van der Waals surface area contributed by atoms with Gasteiger partial charge in [-0.05, 0) is 55.2 Å². The Bertz CT molecular complexity index is 865. The van der Waals surface area contributed by atoms with Gasteiger partial charge in [0, 0.05) is 6.54 Å². The molecule has 0 aliphatic carbocycles. The highest BCUT2D eigenvalue weighted by atomic mass is 32.2. The molecule has 0 heterocycles. The van der Waals surface area contributed by atoms with Gasteiger partial charge in [-0.15, -0.1) is 0 Å². The number of carbonyl (C=O) groups is 1. The lowest BCUT2D eigenvalue weighted by atomic mass is 10.1. The van der Waals surface area contributed by atoms with Crippen LogP contribution in [0.1, 0.15) is 16.7 Å². The molecule has 0 bridgehead atoms. The topological polar surface area (TPSA) is 111 Å². The van der Waals surface area contributed by atoms with Crippen LogP contribution >= 0.6 is 0 Å². The maximum Gasteiger partial charge on any atom is 0.317 e. The summed E-state index contributed by atoms with van der Waals surface area (Å²) in [5, 5.41) is 10.4. The Morgan fingerprint density at radius 3 is 2.42 bits per heavy atom. The van der Waals surface area contributed by atoms with E-state index in [0.717, 1.165) is 22.4 Å². The number of aryl methyl sites for hydroxylation is 1. The molecule has 2 amide bonds. The third-order valence-electron chi connectivity index (χ3n) is 3.97. The minimum absolute atomic E-state index is 0.0653. The van der Waals surface area contributed by atoms with Gasteiger partial charge < -0.3 is 15.4 Å². The summed E-state index contributed by atoms with van der Waals surface area (Å²) in [6, 6.07) is 11.7. The van der Waals surface area contributed by atoms with Crippen molar-refractivity contribution in [1.82, 2.24) is 10.6 Å². The first-order valence-electron chi connectivity index (χ1n) is 8.10. The van der Waals surface area contributed by atoms with Crippen molar-refractivity contribution in [2.75, 3.05) is 13.3 Å². The maximum absolute atomic E-state index is 11.8. The zero-order valence-electron chi connectivity index (χ0n) is 14.8. The molecule has 2 rings (SSSR count). The van der Waals surface area contributed by atoms with Gasteiger partial charge in [0.2, 0.25) is 10.0 Å². The fourth-order valence-electron chi connectivity index (χ4n) is 2.29. The summed E-state index contributed by atoms with van der Waals surface area (Å²) in [4.78, 5) is 11.8. The smallest absolute Gasteiger partial charge is 0.317 e. The van der Waals surface area contributed by atoms with E-state index in [9.17, 15) is 13.2 Å². The second-order valence-corrected chi connectivity index (χ2v) is 7.42. The van der Waals surface area contributed by atoms with Crippen molar-refractivity contribution in [3.8, 4) is 5.75 Å². The van der Waals surface area contributed by atoms with Crippen molar-refractivity contribution < 1.29 is 17.9 Å². The van der Waals surface area contributed by atoms with Crippen LogP contribution in [0.25, 0.3) is 0 Å². The second-order valence-electron chi connectivity index (χ2n) is 5.86. The average molecular weight is 377 g/mol. The van der Waals surface area contributed by atoms with Crippen LogP contribution in [0.3, 0.4) is 0 Å². The molecule has 0 fully saturated rings. The Morgan fingerprint density at radius 2 is 1.77 bits per heavy atom. The maximum atomic E-state index is 11.8. The number of carbonyl (C=O) groups excluding carboxylic acids is 1. The van der Waals surface area contributed by atoms with Crippen LogP contribution in [0.15, 0.2) is 47.4 Å². The Balaban J connectivity index is 1.71. The average Bonchev–Trinajstić information content (AvgIpc) is 2.58. The minimum atomic E-state index is -3.69. The summed E-state index contributed by atoms with van der Waals surface area (Å²) < 4.78 is 27.9. The molecule has 0 unspecified atom stereocenters. The fraction of sp³-hybridized carbons (Fsp3) is 0.278. The number of hydrogen-bond donors (Lipinski definition) is 3. The Hall–Kier alpha value is -2.58. The molecule has 0 saturated heterocycles. The molecule has 0 atom stereocenters. The van der Waals surface area contributed by atoms with Gasteiger partial charge in [-0.3, -0.25) is 0 Å². The molecule has 4 N–H and O–H groups in total. The van der Waals surface area contributed by atoms with Crippen LogP contribution in [0.2, 0.25) is 0 Å². The van der Waals surface area contributed by atoms with Crippen LogP contribution in [0.4, 0.5) is 4.79 Å². The lowest BCUT2D eigenvalue weighted by Crippen LogP contribution is -2.38. The third kappa shape index (κ3) is 5.75. The van der Waals surface area contributed by atoms with E-state index in [4.69, 9.17) is 9.88 Å². The number of hydrogen-bond acceptors (Lipinski definition) is 4. The van der Waals surface area contributed by atoms with Crippen LogP contribution in [0.5, 0.6) is 5.75 Å². The van der Waals surface area contributed by atoms with Gasteiger partial charge in [0.1, 0.15) is 5.75 Å². The number of urea groups is 1. The van der Waals surface area contributed by atoms with Crippen LogP contribution < -0.4 is 20.5 Å². The summed E-state index contributed by atoms with van der Waals surface area (Å²) in [6.07, 6.45) is 0.566. The molecule has 0 aliphatic rings. The summed E-state index contributed by atoms with van der Waals surface area (Å²) in [5.41, 5.74) is 3.06. The van der Waals surface area contributed by atoms with Crippen molar-refractivity contribution >= 4 is 16.1 Å². The fourth-order valence-corrected chi connectivity index (χ4v) is 2.80. The first-order valence-corrected chi connectivity index (χ1v) is 9.64. The number of nitrogens with one attached hydrogen (secondary N) is 2. The highest BCUT2D eigenvalue weighted by molar-refractivity contribution is 7.89. The minimum Gasteiger partial charge on any atom is -0.473 e. The first-order chi connectivity index (χ1) is 12.3. The van der Waals surface area contributed by atoms with Crippen LogP contribution in [0, 0.1) is 13.8 Å². The molecule has 0 radical (unpaired) electrons. The van der Waals surface area contributed by atoms with Gasteiger partial charge >= 0.3 is 6.03 Å². The van der Waals surface area contributed by atoms with E-state index in [2.05, 4.69) is 10.6 Å². The molecule has 140 valence electrons. The van der Waals surface area contributed by atoms with E-state index in [0.29, 0.717) is 13.0 Å². The zero-order valence-corrected chi connectivity index (χ0v) is 15.6. The molecule has 0 aliphatic heterocycles. The number of ether oxygens (including phenoxy) is 1. The van der Waals surface area contributed by atoms with Gasteiger partial charge in [-0.2, -0.15) is 0 Å². The molecule has 8 heteroatoms. The number of amides is 2. The molecular weight excluding hydrogens is 354 g/mol. The van der Waals surface area contributed by atoms with E-state index >= 15 is 0 Å². The summed E-state index contributed by atoms with van der Waals surface area (Å²) in [7, 11) is -3.69. The standard InChI is InChI=1S/C18H23N3O4S/c1-13-4-3-5-17(14(13)2)25-12-21-18(22)20-11-10-15-6-8-16(9-7-15)26(19,23)24/h3-9H,10-12H2,1-2H3,(H2,19,23,24)(H2,20,21,22). The van der Waals surface area contributed by atoms with Crippen molar-refractivity contribution in [2.45, 2.75) is 25.2 Å². The molecule has 2 aromatic rings. The van der Waals surface area contributed by atoms with Gasteiger partial charge in [0.25, 0.3) is 0 Å². The number of sulfonamides is 1. The molecule has 2 aromatic carbocycles. The lowest BCUT2D eigenvalue weighted by molar-refractivity contribution is 0.224. The quantitative estimate of drug-likeness (QED) is 0.639. The predicted molar refractivity (Wildman–Crippen MR) is 99.5 cm³/mol. The number of rotatable bonds is 7. The zero-order chi connectivity index (χ0) is 19.2. The van der Waals surface area contributed by atoms with E-state index in [-0.39, 0.29) is 17.7 Å². The Morgan fingerprint density at radius 1 is 1.08 bits per heavy atom. The number of primary sulfonamides is 1. The van der Waals surface area contributed by atoms with Crippen LogP contribution in [-0.2, 0) is 16.4 Å². The molecular formula is C18H23N3O4S. The second kappa shape index (κ2) is 8.68. The summed E-state index contributed by atoms with van der Waals surface area (Å²) >= 11 is 0. The summed E-state index contributed by atoms with van der Waals surface area (Å²) in [5.74, 6) is 0.736. The number of nitrogens with two attached hydrogens (primary N) is 1. The van der Waals surface area contributed by atoms with Crippen molar-refractivity contribution in [3.05, 3.63) is 59.2 Å². The third-order valence-corrected chi connectivity index (χ3v) is 4.90. The summed E-state index contributed by atoms with van der Waals surface area (Å²) in [6.45, 7) is 4.44. The van der Waals surface area contributed by atoms with E-state index < -0.39 is 10.0 Å². The molecule has 7 nitrogen and oxygen atoms in total. The van der Waals surface area contributed by atoms with E-state index in [1.807, 2.05) is 32.0 Å². The highest BCUT2D eigenvalue weighted by Crippen LogP contribution is 2.19. The normalized spacial score (nSPS) is 11.0. The molecule has 0 spiro atoms. The lowest BCUT2D eigenvalue weighted by Gasteiger charge is -2.12. The van der Waals surface area contributed by atoms with Crippen molar-refractivity contribution in [1.29, 1.82) is 0 Å². The van der Waals surface area contributed by atoms with Gasteiger partial charge in [0.05, 0.1) is 4.90 Å². The molecule has 0 saturated carbocycles. The van der Waals surface area contributed by atoms with Gasteiger partial charge in [0.15, 0.2) is 6.73 Å². The Kier molecular flexibility index (Phi) is 6.59. The highest BCUT2D eigenvalue weighted by Gasteiger charge is 2.07. The van der Waals surface area contributed by atoms with E-state index in [1.165, 1.54) is 12.1 Å². The van der Waals surface area contributed by atoms with Crippen molar-refractivity contribution in [3.63, 3.8) is 0 Å². The monoisotopic (exact) mass is 377 g/mol. The predicted octanol–water partition coefficient (Wildman–Crippen LogP) is 1.83.